The fraction of sp³-hybridized carbons (Fsp3) is 0.227. The lowest BCUT2D eigenvalue weighted by molar-refractivity contribution is -0.120. The molecule has 0 bridgehead atoms. The third-order valence-corrected chi connectivity index (χ3v) is 4.75. The van der Waals surface area contributed by atoms with Gasteiger partial charge in [0.1, 0.15) is 0 Å². The Labute approximate surface area is 157 Å². The van der Waals surface area contributed by atoms with Gasteiger partial charge in [-0.15, -0.1) is 0 Å². The molecule has 0 fully saturated rings. The van der Waals surface area contributed by atoms with Crippen molar-refractivity contribution < 1.29 is 19.4 Å². The van der Waals surface area contributed by atoms with Gasteiger partial charge in [-0.05, 0) is 40.5 Å². The van der Waals surface area contributed by atoms with Crippen molar-refractivity contribution in [1.29, 1.82) is 0 Å². The Morgan fingerprint density at radius 1 is 1.04 bits per heavy atom. The average Bonchev–Trinajstić information content (AvgIpc) is 3.16. The van der Waals surface area contributed by atoms with Gasteiger partial charge in [-0.3, -0.25) is 4.79 Å². The van der Waals surface area contributed by atoms with Crippen molar-refractivity contribution >= 4 is 16.7 Å². The summed E-state index contributed by atoms with van der Waals surface area (Å²) in [4.78, 5) is 12.3. The molecule has 1 aliphatic rings. The highest BCUT2D eigenvalue weighted by Gasteiger charge is 2.16. The Morgan fingerprint density at radius 3 is 2.78 bits per heavy atom. The minimum atomic E-state index is -0.669. The largest absolute Gasteiger partial charge is 0.454 e. The maximum atomic E-state index is 12.3. The minimum absolute atomic E-state index is 0.0516. The number of hydrogen-bond donors (Lipinski definition) is 2. The van der Waals surface area contributed by atoms with Crippen LogP contribution in [-0.4, -0.2) is 24.4 Å². The van der Waals surface area contributed by atoms with E-state index < -0.39 is 6.10 Å². The summed E-state index contributed by atoms with van der Waals surface area (Å²) in [7, 11) is 0. The third-order valence-electron chi connectivity index (χ3n) is 4.75. The first-order valence-electron chi connectivity index (χ1n) is 9.01. The van der Waals surface area contributed by atoms with E-state index in [1.54, 1.807) is 12.1 Å². The number of carbonyl (C=O) groups excluding carboxylic acids is 1. The van der Waals surface area contributed by atoms with Crippen molar-refractivity contribution in [2.24, 2.45) is 0 Å². The first-order chi connectivity index (χ1) is 13.2. The molecule has 27 heavy (non-hydrogen) atoms. The number of aliphatic hydroxyl groups is 1. The topological polar surface area (TPSA) is 67.8 Å². The molecule has 4 rings (SSSR count). The molecule has 0 aliphatic carbocycles. The zero-order valence-corrected chi connectivity index (χ0v) is 14.9. The molecule has 3 aromatic rings. The van der Waals surface area contributed by atoms with E-state index in [2.05, 4.69) is 5.32 Å². The Hall–Kier alpha value is -3.05. The zero-order chi connectivity index (χ0) is 18.6. The van der Waals surface area contributed by atoms with Gasteiger partial charge in [0, 0.05) is 6.54 Å². The van der Waals surface area contributed by atoms with E-state index in [-0.39, 0.29) is 12.7 Å². The van der Waals surface area contributed by atoms with E-state index in [9.17, 15) is 9.90 Å². The number of benzene rings is 3. The Kier molecular flexibility index (Phi) is 4.94. The van der Waals surface area contributed by atoms with Gasteiger partial charge in [0.2, 0.25) is 12.7 Å². The quantitative estimate of drug-likeness (QED) is 0.705. The number of carbonyl (C=O) groups is 1. The molecule has 0 spiro atoms. The van der Waals surface area contributed by atoms with Crippen LogP contribution in [0.5, 0.6) is 11.5 Å². The number of fused-ring (bicyclic) bond motifs is 2. The van der Waals surface area contributed by atoms with Gasteiger partial charge in [-0.1, -0.05) is 48.5 Å². The monoisotopic (exact) mass is 363 g/mol. The molecule has 0 saturated heterocycles. The molecule has 1 amide bonds. The van der Waals surface area contributed by atoms with Gasteiger partial charge >= 0.3 is 0 Å². The summed E-state index contributed by atoms with van der Waals surface area (Å²) < 4.78 is 10.6. The third kappa shape index (κ3) is 3.88. The van der Waals surface area contributed by atoms with Crippen molar-refractivity contribution in [3.05, 3.63) is 71.8 Å². The lowest BCUT2D eigenvalue weighted by atomic mass is 10.0. The molecule has 3 aromatic carbocycles. The fourth-order valence-corrected chi connectivity index (χ4v) is 3.32. The summed E-state index contributed by atoms with van der Waals surface area (Å²) in [5, 5.41) is 15.5. The highest BCUT2D eigenvalue weighted by atomic mass is 16.7. The lowest BCUT2D eigenvalue weighted by Crippen LogP contribution is -2.27. The van der Waals surface area contributed by atoms with Crippen LogP contribution in [0.4, 0.5) is 0 Å². The van der Waals surface area contributed by atoms with E-state index in [4.69, 9.17) is 9.47 Å². The van der Waals surface area contributed by atoms with Gasteiger partial charge in [-0.2, -0.15) is 0 Å². The highest BCUT2D eigenvalue weighted by Crippen LogP contribution is 2.34. The van der Waals surface area contributed by atoms with Crippen LogP contribution in [0, 0.1) is 0 Å². The second-order valence-electron chi connectivity index (χ2n) is 6.58. The first kappa shape index (κ1) is 17.4. The smallest absolute Gasteiger partial charge is 0.231 e. The lowest BCUT2D eigenvalue weighted by Gasteiger charge is -2.13. The highest BCUT2D eigenvalue weighted by molar-refractivity contribution is 5.90. The molecule has 0 radical (unpaired) electrons. The predicted molar refractivity (Wildman–Crippen MR) is 103 cm³/mol. The molecule has 1 heterocycles. The van der Waals surface area contributed by atoms with Crippen LogP contribution in [0.2, 0.25) is 0 Å². The van der Waals surface area contributed by atoms with Crippen LogP contribution in [0.15, 0.2) is 60.7 Å². The molecule has 0 saturated carbocycles. The van der Waals surface area contributed by atoms with E-state index in [0.29, 0.717) is 30.9 Å². The van der Waals surface area contributed by atoms with Crippen LogP contribution in [0.1, 0.15) is 23.7 Å². The molecule has 1 aliphatic heterocycles. The molecule has 2 N–H and O–H groups in total. The van der Waals surface area contributed by atoms with Crippen molar-refractivity contribution in [2.75, 3.05) is 13.3 Å². The Morgan fingerprint density at radius 2 is 1.85 bits per heavy atom. The standard InChI is InChI=1S/C22H21NO4/c24-19(17-8-9-20-21(12-17)27-14-26-20)10-11-23-22(25)13-16-6-3-5-15-4-1-2-7-18(15)16/h1-9,12,19,24H,10-11,13-14H2,(H,23,25). The molecular weight excluding hydrogens is 342 g/mol. The molecule has 1 unspecified atom stereocenters. The summed E-state index contributed by atoms with van der Waals surface area (Å²) >= 11 is 0. The molecule has 5 nitrogen and oxygen atoms in total. The predicted octanol–water partition coefficient (Wildman–Crippen LogP) is 3.35. The summed E-state index contributed by atoms with van der Waals surface area (Å²) in [5.74, 6) is 1.28. The van der Waals surface area contributed by atoms with E-state index in [1.165, 1.54) is 0 Å². The number of amides is 1. The number of aliphatic hydroxyl groups excluding tert-OH is 1. The van der Waals surface area contributed by atoms with E-state index in [1.807, 2.05) is 48.5 Å². The summed E-state index contributed by atoms with van der Waals surface area (Å²) in [6, 6.07) is 19.4. The first-order valence-corrected chi connectivity index (χ1v) is 9.01. The van der Waals surface area contributed by atoms with Gasteiger partial charge < -0.3 is 19.9 Å². The van der Waals surface area contributed by atoms with E-state index >= 15 is 0 Å². The Bertz CT molecular complexity index is 964. The average molecular weight is 363 g/mol. The van der Waals surface area contributed by atoms with Crippen LogP contribution in [0.3, 0.4) is 0 Å². The van der Waals surface area contributed by atoms with Gasteiger partial charge in [0.25, 0.3) is 0 Å². The Balaban J connectivity index is 1.31. The zero-order valence-electron chi connectivity index (χ0n) is 14.9. The molecule has 138 valence electrons. The summed E-state index contributed by atoms with van der Waals surface area (Å²) in [5.41, 5.74) is 1.75. The number of nitrogens with one attached hydrogen (secondary N) is 1. The molecule has 1 atom stereocenters. The molecular formula is C22H21NO4. The van der Waals surface area contributed by atoms with Gasteiger partial charge in [-0.25, -0.2) is 0 Å². The van der Waals surface area contributed by atoms with Crippen molar-refractivity contribution in [3.63, 3.8) is 0 Å². The van der Waals surface area contributed by atoms with Crippen LogP contribution in [-0.2, 0) is 11.2 Å². The van der Waals surface area contributed by atoms with Crippen molar-refractivity contribution in [3.8, 4) is 11.5 Å². The summed E-state index contributed by atoms with van der Waals surface area (Å²) in [6.07, 6.45) is 0.0833. The van der Waals surface area contributed by atoms with Gasteiger partial charge in [0.05, 0.1) is 12.5 Å². The number of ether oxygens (including phenoxy) is 2. The SMILES string of the molecule is O=C(Cc1cccc2ccccc12)NCCC(O)c1ccc2c(c1)OCO2. The van der Waals surface area contributed by atoms with Crippen molar-refractivity contribution in [1.82, 2.24) is 5.32 Å². The normalized spacial score (nSPS) is 13.5. The summed E-state index contributed by atoms with van der Waals surface area (Å²) in [6.45, 7) is 0.609. The van der Waals surface area contributed by atoms with Crippen LogP contribution < -0.4 is 14.8 Å². The second-order valence-corrected chi connectivity index (χ2v) is 6.58. The maximum Gasteiger partial charge on any atom is 0.231 e. The number of rotatable bonds is 6. The second kappa shape index (κ2) is 7.68. The van der Waals surface area contributed by atoms with E-state index in [0.717, 1.165) is 21.9 Å². The van der Waals surface area contributed by atoms with Crippen LogP contribution in [0.25, 0.3) is 10.8 Å². The number of hydrogen-bond acceptors (Lipinski definition) is 4. The maximum absolute atomic E-state index is 12.3. The minimum Gasteiger partial charge on any atom is -0.454 e. The van der Waals surface area contributed by atoms with Crippen LogP contribution >= 0.6 is 0 Å². The fourth-order valence-electron chi connectivity index (χ4n) is 3.32. The molecule has 0 aromatic heterocycles. The van der Waals surface area contributed by atoms with Gasteiger partial charge in [0.15, 0.2) is 11.5 Å². The van der Waals surface area contributed by atoms with Crippen molar-refractivity contribution in [2.45, 2.75) is 18.9 Å². The molecule has 5 heteroatoms.